The standard InChI is InChI=1S/C16H13Cl2N3O2/c1-19-8-15(22)20-10-3-4-12(18)11(7-10)16-21-13-6-9(17)2-5-14(13)23-16/h2-7,19H,8H2,1H3,(H,20,22). The van der Waals surface area contributed by atoms with Crippen LogP contribution in [-0.4, -0.2) is 24.5 Å². The number of carbonyl (C=O) groups excluding carboxylic acids is 1. The van der Waals surface area contributed by atoms with Crippen molar-refractivity contribution in [2.75, 3.05) is 18.9 Å². The summed E-state index contributed by atoms with van der Waals surface area (Å²) in [6.07, 6.45) is 0. The third kappa shape index (κ3) is 3.47. The molecule has 0 saturated heterocycles. The molecular weight excluding hydrogens is 337 g/mol. The molecule has 0 fully saturated rings. The maximum absolute atomic E-state index is 11.7. The average Bonchev–Trinajstić information content (AvgIpc) is 2.92. The molecule has 1 heterocycles. The Morgan fingerprint density at radius 3 is 2.83 bits per heavy atom. The minimum Gasteiger partial charge on any atom is -0.436 e. The van der Waals surface area contributed by atoms with Crippen molar-refractivity contribution in [1.29, 1.82) is 0 Å². The van der Waals surface area contributed by atoms with Gasteiger partial charge in [0, 0.05) is 10.7 Å². The second-order valence-corrected chi connectivity index (χ2v) is 5.75. The largest absolute Gasteiger partial charge is 0.436 e. The zero-order valence-corrected chi connectivity index (χ0v) is 13.7. The molecule has 2 N–H and O–H groups in total. The number of fused-ring (bicyclic) bond motifs is 1. The predicted molar refractivity (Wildman–Crippen MR) is 92.0 cm³/mol. The minimum atomic E-state index is -0.148. The highest BCUT2D eigenvalue weighted by molar-refractivity contribution is 6.33. The summed E-state index contributed by atoms with van der Waals surface area (Å²) in [7, 11) is 1.70. The van der Waals surface area contributed by atoms with E-state index in [1.807, 2.05) is 0 Å². The van der Waals surface area contributed by atoms with E-state index in [4.69, 9.17) is 27.6 Å². The Balaban J connectivity index is 1.98. The Morgan fingerprint density at radius 2 is 2.04 bits per heavy atom. The van der Waals surface area contributed by atoms with Crippen molar-refractivity contribution in [3.05, 3.63) is 46.4 Å². The number of likely N-dealkylation sites (N-methyl/N-ethyl adjacent to an activating group) is 1. The molecule has 2 aromatic carbocycles. The normalized spacial score (nSPS) is 10.9. The Morgan fingerprint density at radius 1 is 1.22 bits per heavy atom. The van der Waals surface area contributed by atoms with Gasteiger partial charge in [-0.15, -0.1) is 0 Å². The van der Waals surface area contributed by atoms with Crippen molar-refractivity contribution in [2.45, 2.75) is 0 Å². The van der Waals surface area contributed by atoms with Gasteiger partial charge in [0.2, 0.25) is 11.8 Å². The van der Waals surface area contributed by atoms with Crippen LogP contribution in [0.1, 0.15) is 0 Å². The molecule has 0 aliphatic rings. The minimum absolute atomic E-state index is 0.148. The van der Waals surface area contributed by atoms with Crippen molar-refractivity contribution < 1.29 is 9.21 Å². The third-order valence-corrected chi connectivity index (χ3v) is 3.73. The zero-order valence-electron chi connectivity index (χ0n) is 12.2. The molecular formula is C16H13Cl2N3O2. The molecule has 0 aliphatic carbocycles. The highest BCUT2D eigenvalue weighted by Crippen LogP contribution is 2.32. The van der Waals surface area contributed by atoms with Crippen LogP contribution in [0.5, 0.6) is 0 Å². The van der Waals surface area contributed by atoms with Gasteiger partial charge in [0.1, 0.15) is 5.52 Å². The molecule has 1 aromatic heterocycles. The van der Waals surface area contributed by atoms with Crippen LogP contribution in [0.15, 0.2) is 40.8 Å². The quantitative estimate of drug-likeness (QED) is 0.747. The van der Waals surface area contributed by atoms with Crippen molar-refractivity contribution >= 4 is 45.9 Å². The topological polar surface area (TPSA) is 67.2 Å². The number of oxazole rings is 1. The van der Waals surface area contributed by atoms with E-state index in [0.717, 1.165) is 0 Å². The maximum atomic E-state index is 11.7. The van der Waals surface area contributed by atoms with Gasteiger partial charge in [-0.3, -0.25) is 4.79 Å². The van der Waals surface area contributed by atoms with Gasteiger partial charge in [-0.25, -0.2) is 4.98 Å². The number of hydrogen-bond donors (Lipinski definition) is 2. The summed E-state index contributed by atoms with van der Waals surface area (Å²) in [6, 6.07) is 10.3. The summed E-state index contributed by atoms with van der Waals surface area (Å²) in [4.78, 5) is 16.1. The van der Waals surface area contributed by atoms with Gasteiger partial charge >= 0.3 is 0 Å². The lowest BCUT2D eigenvalue weighted by molar-refractivity contribution is -0.115. The zero-order chi connectivity index (χ0) is 16.4. The summed E-state index contributed by atoms with van der Waals surface area (Å²) in [5, 5.41) is 6.62. The number of rotatable bonds is 4. The number of nitrogens with one attached hydrogen (secondary N) is 2. The predicted octanol–water partition coefficient (Wildman–Crippen LogP) is 3.96. The lowest BCUT2D eigenvalue weighted by Gasteiger charge is -2.07. The van der Waals surface area contributed by atoms with Crippen LogP contribution in [0.25, 0.3) is 22.6 Å². The first-order valence-electron chi connectivity index (χ1n) is 6.87. The van der Waals surface area contributed by atoms with E-state index in [1.165, 1.54) is 0 Å². The monoisotopic (exact) mass is 349 g/mol. The smallest absolute Gasteiger partial charge is 0.238 e. The number of nitrogens with zero attached hydrogens (tertiary/aromatic N) is 1. The summed E-state index contributed by atoms with van der Waals surface area (Å²) >= 11 is 12.2. The molecule has 3 rings (SSSR count). The first-order valence-corrected chi connectivity index (χ1v) is 7.63. The molecule has 0 unspecified atom stereocenters. The third-order valence-electron chi connectivity index (χ3n) is 3.17. The molecule has 0 bridgehead atoms. The van der Waals surface area contributed by atoms with Gasteiger partial charge in [-0.2, -0.15) is 0 Å². The Hall–Kier alpha value is -2.08. The van der Waals surface area contributed by atoms with E-state index in [-0.39, 0.29) is 12.5 Å². The van der Waals surface area contributed by atoms with Crippen LogP contribution in [0.3, 0.4) is 0 Å². The van der Waals surface area contributed by atoms with Crippen LogP contribution >= 0.6 is 23.2 Å². The summed E-state index contributed by atoms with van der Waals surface area (Å²) < 4.78 is 5.72. The lowest BCUT2D eigenvalue weighted by atomic mass is 10.2. The van der Waals surface area contributed by atoms with Crippen LogP contribution in [0.4, 0.5) is 5.69 Å². The van der Waals surface area contributed by atoms with Gasteiger partial charge in [-0.1, -0.05) is 23.2 Å². The maximum Gasteiger partial charge on any atom is 0.238 e. The first kappa shape index (κ1) is 15.8. The summed E-state index contributed by atoms with van der Waals surface area (Å²) in [5.41, 5.74) is 2.48. The summed E-state index contributed by atoms with van der Waals surface area (Å²) in [6.45, 7) is 0.222. The molecule has 118 valence electrons. The molecule has 0 radical (unpaired) electrons. The van der Waals surface area contributed by atoms with Crippen molar-refractivity contribution in [1.82, 2.24) is 10.3 Å². The van der Waals surface area contributed by atoms with Crippen molar-refractivity contribution in [3.8, 4) is 11.5 Å². The van der Waals surface area contributed by atoms with Crippen LogP contribution < -0.4 is 10.6 Å². The molecule has 0 saturated carbocycles. The number of carbonyl (C=O) groups is 1. The number of halogens is 2. The van der Waals surface area contributed by atoms with Crippen LogP contribution in [-0.2, 0) is 4.79 Å². The molecule has 0 spiro atoms. The van der Waals surface area contributed by atoms with E-state index in [1.54, 1.807) is 43.4 Å². The molecule has 0 aliphatic heterocycles. The van der Waals surface area contributed by atoms with Crippen molar-refractivity contribution in [2.24, 2.45) is 0 Å². The number of hydrogen-bond acceptors (Lipinski definition) is 4. The van der Waals surface area contributed by atoms with E-state index >= 15 is 0 Å². The molecule has 7 heteroatoms. The second-order valence-electron chi connectivity index (χ2n) is 4.90. The van der Waals surface area contributed by atoms with Gasteiger partial charge in [0.05, 0.1) is 17.1 Å². The van der Waals surface area contributed by atoms with Gasteiger partial charge < -0.3 is 15.1 Å². The van der Waals surface area contributed by atoms with Gasteiger partial charge in [0.15, 0.2) is 5.58 Å². The van der Waals surface area contributed by atoms with E-state index in [2.05, 4.69) is 15.6 Å². The second kappa shape index (κ2) is 6.58. The van der Waals surface area contributed by atoms with Crippen LogP contribution in [0.2, 0.25) is 10.0 Å². The number of aromatic nitrogens is 1. The van der Waals surface area contributed by atoms with E-state index < -0.39 is 0 Å². The number of anilines is 1. The van der Waals surface area contributed by atoms with Crippen LogP contribution in [0, 0.1) is 0 Å². The molecule has 1 amide bonds. The average molecular weight is 350 g/mol. The molecule has 0 atom stereocenters. The van der Waals surface area contributed by atoms with E-state index in [0.29, 0.717) is 38.3 Å². The summed E-state index contributed by atoms with van der Waals surface area (Å²) in [5.74, 6) is 0.224. The van der Waals surface area contributed by atoms with E-state index in [9.17, 15) is 4.79 Å². The number of amides is 1. The first-order chi connectivity index (χ1) is 11.1. The molecule has 3 aromatic rings. The lowest BCUT2D eigenvalue weighted by Crippen LogP contribution is -2.25. The highest BCUT2D eigenvalue weighted by atomic mass is 35.5. The van der Waals surface area contributed by atoms with Gasteiger partial charge in [-0.05, 0) is 43.4 Å². The Kier molecular flexibility index (Phi) is 4.52. The molecule has 23 heavy (non-hydrogen) atoms. The van der Waals surface area contributed by atoms with Gasteiger partial charge in [0.25, 0.3) is 0 Å². The van der Waals surface area contributed by atoms with Crippen molar-refractivity contribution in [3.63, 3.8) is 0 Å². The highest BCUT2D eigenvalue weighted by Gasteiger charge is 2.13. The number of benzene rings is 2. The SMILES string of the molecule is CNCC(=O)Nc1ccc(Cl)c(-c2nc3cc(Cl)ccc3o2)c1. The molecule has 5 nitrogen and oxygen atoms in total. The fourth-order valence-electron chi connectivity index (χ4n) is 2.15. The Bertz CT molecular complexity index is 877. The fraction of sp³-hybridized carbons (Fsp3) is 0.125. The Labute approximate surface area is 142 Å². The fourth-order valence-corrected chi connectivity index (χ4v) is 2.51.